The molecule has 0 heterocycles. The summed E-state index contributed by atoms with van der Waals surface area (Å²) < 4.78 is 18.6. The fraction of sp³-hybridized carbons (Fsp3) is 0.462. The van der Waals surface area contributed by atoms with Crippen molar-refractivity contribution in [2.24, 2.45) is 0 Å². The lowest BCUT2D eigenvalue weighted by atomic mass is 10.1. The highest BCUT2D eigenvalue weighted by molar-refractivity contribution is 5.97. The van der Waals surface area contributed by atoms with E-state index in [2.05, 4.69) is 0 Å². The van der Waals surface area contributed by atoms with Gasteiger partial charge in [-0.2, -0.15) is 0 Å². The van der Waals surface area contributed by atoms with E-state index in [4.69, 9.17) is 4.74 Å². The van der Waals surface area contributed by atoms with E-state index in [1.807, 2.05) is 0 Å². The SMILES string of the molecule is COCCN(C(=O)c1c(O)cccc1F)C1CC1. The third kappa shape index (κ3) is 2.61. The summed E-state index contributed by atoms with van der Waals surface area (Å²) in [5, 5.41) is 9.62. The Balaban J connectivity index is 2.22. The van der Waals surface area contributed by atoms with Crippen molar-refractivity contribution < 1.29 is 19.0 Å². The number of rotatable bonds is 5. The summed E-state index contributed by atoms with van der Waals surface area (Å²) in [5.74, 6) is -1.48. The first-order chi connectivity index (χ1) is 8.65. The van der Waals surface area contributed by atoms with Gasteiger partial charge < -0.3 is 14.7 Å². The fourth-order valence-electron chi connectivity index (χ4n) is 1.89. The summed E-state index contributed by atoms with van der Waals surface area (Å²) in [7, 11) is 1.55. The van der Waals surface area contributed by atoms with Crippen LogP contribution in [0.2, 0.25) is 0 Å². The minimum atomic E-state index is -0.692. The van der Waals surface area contributed by atoms with Gasteiger partial charge in [-0.1, -0.05) is 6.07 Å². The van der Waals surface area contributed by atoms with Gasteiger partial charge in [0.15, 0.2) is 0 Å². The van der Waals surface area contributed by atoms with E-state index in [0.717, 1.165) is 12.8 Å². The number of phenols is 1. The molecule has 0 unspecified atom stereocenters. The molecule has 1 saturated carbocycles. The lowest BCUT2D eigenvalue weighted by Gasteiger charge is -2.22. The van der Waals surface area contributed by atoms with E-state index in [1.54, 1.807) is 12.0 Å². The van der Waals surface area contributed by atoms with Crippen LogP contribution in [0, 0.1) is 5.82 Å². The maximum absolute atomic E-state index is 13.6. The molecule has 0 aliphatic heterocycles. The molecular weight excluding hydrogens is 237 g/mol. The van der Waals surface area contributed by atoms with Crippen LogP contribution in [-0.4, -0.2) is 42.2 Å². The van der Waals surface area contributed by atoms with Crippen LogP contribution in [0.15, 0.2) is 18.2 Å². The van der Waals surface area contributed by atoms with Crippen LogP contribution in [0.5, 0.6) is 5.75 Å². The first-order valence-corrected chi connectivity index (χ1v) is 5.92. The number of carbonyl (C=O) groups is 1. The molecule has 1 N–H and O–H groups in total. The summed E-state index contributed by atoms with van der Waals surface area (Å²) in [6.07, 6.45) is 1.84. The lowest BCUT2D eigenvalue weighted by Crippen LogP contribution is -2.36. The molecule has 0 saturated heterocycles. The average molecular weight is 253 g/mol. The van der Waals surface area contributed by atoms with E-state index in [-0.39, 0.29) is 17.4 Å². The molecule has 5 heteroatoms. The number of hydrogen-bond donors (Lipinski definition) is 1. The van der Waals surface area contributed by atoms with Crippen LogP contribution in [-0.2, 0) is 4.74 Å². The van der Waals surface area contributed by atoms with Crippen LogP contribution >= 0.6 is 0 Å². The number of hydrogen-bond acceptors (Lipinski definition) is 3. The summed E-state index contributed by atoms with van der Waals surface area (Å²) >= 11 is 0. The van der Waals surface area contributed by atoms with Gasteiger partial charge in [0.05, 0.1) is 6.61 Å². The maximum atomic E-state index is 13.6. The maximum Gasteiger partial charge on any atom is 0.260 e. The number of amides is 1. The second kappa shape index (κ2) is 5.35. The second-order valence-electron chi connectivity index (χ2n) is 4.36. The number of halogens is 1. The third-order valence-corrected chi connectivity index (χ3v) is 2.99. The number of nitrogens with zero attached hydrogens (tertiary/aromatic N) is 1. The molecule has 2 rings (SSSR count). The van der Waals surface area contributed by atoms with E-state index in [9.17, 15) is 14.3 Å². The highest BCUT2D eigenvalue weighted by Gasteiger charge is 2.34. The monoisotopic (exact) mass is 253 g/mol. The van der Waals surface area contributed by atoms with Gasteiger partial charge in [-0.3, -0.25) is 4.79 Å². The Morgan fingerprint density at radius 2 is 2.28 bits per heavy atom. The lowest BCUT2D eigenvalue weighted by molar-refractivity contribution is 0.0672. The standard InChI is InChI=1S/C13H16FNO3/c1-18-8-7-15(9-5-6-9)13(17)12-10(14)3-2-4-11(12)16/h2-4,9,16H,5-8H2,1H3. The van der Waals surface area contributed by atoms with Crippen molar-refractivity contribution in [3.63, 3.8) is 0 Å². The number of phenolic OH excluding ortho intramolecular Hbond substituents is 1. The summed E-state index contributed by atoms with van der Waals surface area (Å²) in [6.45, 7) is 0.811. The molecule has 1 fully saturated rings. The summed E-state index contributed by atoms with van der Waals surface area (Å²) in [4.78, 5) is 13.8. The van der Waals surface area contributed by atoms with Gasteiger partial charge in [0.2, 0.25) is 0 Å². The molecule has 0 spiro atoms. The molecular formula is C13H16FNO3. The van der Waals surface area contributed by atoms with Crippen molar-refractivity contribution in [3.05, 3.63) is 29.6 Å². The molecule has 1 aromatic rings. The van der Waals surface area contributed by atoms with Gasteiger partial charge >= 0.3 is 0 Å². The fourth-order valence-corrected chi connectivity index (χ4v) is 1.89. The zero-order chi connectivity index (χ0) is 13.1. The summed E-state index contributed by atoms with van der Waals surface area (Å²) in [5.41, 5.74) is -0.250. The molecule has 1 aliphatic carbocycles. The van der Waals surface area contributed by atoms with Gasteiger partial charge in [-0.15, -0.1) is 0 Å². The highest BCUT2D eigenvalue weighted by Crippen LogP contribution is 2.30. The Morgan fingerprint density at radius 1 is 1.56 bits per heavy atom. The largest absolute Gasteiger partial charge is 0.507 e. The predicted molar refractivity (Wildman–Crippen MR) is 64.0 cm³/mol. The molecule has 98 valence electrons. The average Bonchev–Trinajstić information content (AvgIpc) is 3.14. The Bertz CT molecular complexity index is 426. The molecule has 1 aliphatic rings. The number of methoxy groups -OCH3 is 1. The highest BCUT2D eigenvalue weighted by atomic mass is 19.1. The Kier molecular flexibility index (Phi) is 3.81. The van der Waals surface area contributed by atoms with Crippen LogP contribution < -0.4 is 0 Å². The van der Waals surface area contributed by atoms with E-state index >= 15 is 0 Å². The van der Waals surface area contributed by atoms with Crippen molar-refractivity contribution >= 4 is 5.91 Å². The van der Waals surface area contributed by atoms with E-state index in [1.165, 1.54) is 18.2 Å². The molecule has 0 aromatic heterocycles. The molecule has 18 heavy (non-hydrogen) atoms. The Hall–Kier alpha value is -1.62. The molecule has 1 amide bonds. The van der Waals surface area contributed by atoms with Gasteiger partial charge in [0.25, 0.3) is 5.91 Å². The number of aromatic hydroxyl groups is 1. The van der Waals surface area contributed by atoms with Gasteiger partial charge in [0, 0.05) is 19.7 Å². The van der Waals surface area contributed by atoms with Crippen molar-refractivity contribution in [3.8, 4) is 5.75 Å². The molecule has 1 aromatic carbocycles. The molecule has 0 radical (unpaired) electrons. The molecule has 0 bridgehead atoms. The third-order valence-electron chi connectivity index (χ3n) is 2.99. The zero-order valence-electron chi connectivity index (χ0n) is 10.2. The molecule has 4 nitrogen and oxygen atoms in total. The van der Waals surface area contributed by atoms with E-state index < -0.39 is 11.7 Å². The first kappa shape index (κ1) is 12.8. The van der Waals surface area contributed by atoms with Crippen LogP contribution in [0.25, 0.3) is 0 Å². The minimum absolute atomic E-state index is 0.145. The first-order valence-electron chi connectivity index (χ1n) is 5.92. The van der Waals surface area contributed by atoms with Crippen molar-refractivity contribution in [2.75, 3.05) is 20.3 Å². The van der Waals surface area contributed by atoms with Crippen molar-refractivity contribution in [2.45, 2.75) is 18.9 Å². The van der Waals surface area contributed by atoms with Gasteiger partial charge in [-0.25, -0.2) is 4.39 Å². The summed E-state index contributed by atoms with van der Waals surface area (Å²) in [6, 6.07) is 4.01. The van der Waals surface area contributed by atoms with Crippen molar-refractivity contribution in [1.29, 1.82) is 0 Å². The van der Waals surface area contributed by atoms with Crippen molar-refractivity contribution in [1.82, 2.24) is 4.90 Å². The quantitative estimate of drug-likeness (QED) is 0.870. The van der Waals surface area contributed by atoms with Crippen LogP contribution in [0.3, 0.4) is 0 Å². The van der Waals surface area contributed by atoms with Gasteiger partial charge in [0.1, 0.15) is 17.1 Å². The Morgan fingerprint density at radius 3 is 2.83 bits per heavy atom. The predicted octanol–water partition coefficient (Wildman–Crippen LogP) is 1.78. The Labute approximate surface area is 105 Å². The zero-order valence-corrected chi connectivity index (χ0v) is 10.2. The van der Waals surface area contributed by atoms with Crippen LogP contribution in [0.4, 0.5) is 4.39 Å². The van der Waals surface area contributed by atoms with Crippen LogP contribution in [0.1, 0.15) is 23.2 Å². The minimum Gasteiger partial charge on any atom is -0.507 e. The number of carbonyl (C=O) groups excluding carboxylic acids is 1. The normalized spacial score (nSPS) is 14.6. The smallest absolute Gasteiger partial charge is 0.260 e. The number of benzene rings is 1. The second-order valence-corrected chi connectivity index (χ2v) is 4.36. The number of ether oxygens (including phenoxy) is 1. The molecule has 0 atom stereocenters. The van der Waals surface area contributed by atoms with E-state index in [0.29, 0.717) is 13.2 Å². The van der Waals surface area contributed by atoms with Gasteiger partial charge in [-0.05, 0) is 25.0 Å². The topological polar surface area (TPSA) is 49.8 Å².